The summed E-state index contributed by atoms with van der Waals surface area (Å²) < 4.78 is 1.97. The van der Waals surface area contributed by atoms with Crippen molar-refractivity contribution in [3.8, 4) is 0 Å². The predicted molar refractivity (Wildman–Crippen MR) is 70.5 cm³/mol. The van der Waals surface area contributed by atoms with Crippen molar-refractivity contribution in [1.82, 2.24) is 20.1 Å². The highest BCUT2D eigenvalue weighted by molar-refractivity contribution is 5.40. The number of hydrogen-bond acceptors (Lipinski definition) is 3. The molecule has 94 valence electrons. The summed E-state index contributed by atoms with van der Waals surface area (Å²) in [5.41, 5.74) is 3.03. The maximum Gasteiger partial charge on any atom is 0.133 e. The van der Waals surface area contributed by atoms with Gasteiger partial charge in [-0.2, -0.15) is 0 Å². The molecule has 1 aliphatic carbocycles. The topological polar surface area (TPSA) is 42.7 Å². The molecule has 18 heavy (non-hydrogen) atoms. The van der Waals surface area contributed by atoms with Crippen LogP contribution in [0.3, 0.4) is 0 Å². The molecule has 1 aliphatic rings. The van der Waals surface area contributed by atoms with E-state index in [0.29, 0.717) is 5.92 Å². The quantitative estimate of drug-likeness (QED) is 0.803. The fourth-order valence-electron chi connectivity index (χ4n) is 2.55. The summed E-state index contributed by atoms with van der Waals surface area (Å²) in [6.07, 6.45) is 3.90. The molecule has 0 saturated heterocycles. The highest BCUT2D eigenvalue weighted by Gasteiger charge is 2.24. The third-order valence-corrected chi connectivity index (χ3v) is 3.68. The Balaban J connectivity index is 1.43. The van der Waals surface area contributed by atoms with Gasteiger partial charge in [0.15, 0.2) is 0 Å². The number of aromatic nitrogens is 3. The third-order valence-electron chi connectivity index (χ3n) is 3.68. The SMILES string of the molecule is Cn1cnnc1CCNCC1Cc2ccccc21. The van der Waals surface area contributed by atoms with E-state index in [1.807, 2.05) is 11.6 Å². The average molecular weight is 242 g/mol. The number of nitrogens with zero attached hydrogens (tertiary/aromatic N) is 3. The van der Waals surface area contributed by atoms with E-state index in [-0.39, 0.29) is 0 Å². The molecule has 1 unspecified atom stereocenters. The molecule has 4 heteroatoms. The van der Waals surface area contributed by atoms with Crippen LogP contribution in [-0.4, -0.2) is 27.9 Å². The number of rotatable bonds is 5. The van der Waals surface area contributed by atoms with Gasteiger partial charge in [-0.05, 0) is 17.5 Å². The van der Waals surface area contributed by atoms with Crippen LogP contribution in [0.5, 0.6) is 0 Å². The molecule has 1 N–H and O–H groups in total. The van der Waals surface area contributed by atoms with Crippen LogP contribution < -0.4 is 5.32 Å². The summed E-state index contributed by atoms with van der Waals surface area (Å²) in [4.78, 5) is 0. The predicted octanol–water partition coefficient (Wildman–Crippen LogP) is 1.29. The third kappa shape index (κ3) is 2.16. The van der Waals surface area contributed by atoms with Gasteiger partial charge in [0, 0.05) is 32.5 Å². The van der Waals surface area contributed by atoms with Crippen molar-refractivity contribution in [2.75, 3.05) is 13.1 Å². The van der Waals surface area contributed by atoms with Gasteiger partial charge in [-0.25, -0.2) is 0 Å². The minimum atomic E-state index is 0.695. The molecular weight excluding hydrogens is 224 g/mol. The summed E-state index contributed by atoms with van der Waals surface area (Å²) in [5, 5.41) is 11.5. The molecule has 0 spiro atoms. The zero-order valence-electron chi connectivity index (χ0n) is 10.6. The molecule has 0 radical (unpaired) electrons. The standard InChI is InChI=1S/C14H18N4/c1-18-10-16-17-14(18)6-7-15-9-12-8-11-4-2-3-5-13(11)12/h2-5,10,12,15H,6-9H2,1H3. The van der Waals surface area contributed by atoms with Crippen LogP contribution in [0.4, 0.5) is 0 Å². The first-order valence-corrected chi connectivity index (χ1v) is 6.46. The second-order valence-corrected chi connectivity index (χ2v) is 4.91. The highest BCUT2D eigenvalue weighted by Crippen LogP contribution is 2.33. The minimum absolute atomic E-state index is 0.695. The van der Waals surface area contributed by atoms with Crippen molar-refractivity contribution in [2.24, 2.45) is 7.05 Å². The van der Waals surface area contributed by atoms with Gasteiger partial charge < -0.3 is 9.88 Å². The minimum Gasteiger partial charge on any atom is -0.321 e. The number of hydrogen-bond donors (Lipinski definition) is 1. The maximum atomic E-state index is 4.08. The summed E-state index contributed by atoms with van der Waals surface area (Å²) >= 11 is 0. The van der Waals surface area contributed by atoms with Crippen LogP contribution in [0, 0.1) is 0 Å². The Morgan fingerprint density at radius 3 is 3.06 bits per heavy atom. The van der Waals surface area contributed by atoms with Gasteiger partial charge in [-0.1, -0.05) is 24.3 Å². The lowest BCUT2D eigenvalue weighted by molar-refractivity contribution is 0.532. The number of fused-ring (bicyclic) bond motifs is 1. The smallest absolute Gasteiger partial charge is 0.133 e. The molecule has 2 aromatic rings. The number of benzene rings is 1. The Morgan fingerprint density at radius 2 is 2.28 bits per heavy atom. The van der Waals surface area contributed by atoms with E-state index in [2.05, 4.69) is 39.8 Å². The number of aryl methyl sites for hydroxylation is 1. The lowest BCUT2D eigenvalue weighted by Crippen LogP contribution is -2.30. The average Bonchev–Trinajstić information content (AvgIpc) is 2.75. The normalized spacial score (nSPS) is 17.3. The summed E-state index contributed by atoms with van der Waals surface area (Å²) in [5.74, 6) is 1.73. The second-order valence-electron chi connectivity index (χ2n) is 4.91. The Bertz CT molecular complexity index is 532. The summed E-state index contributed by atoms with van der Waals surface area (Å²) in [7, 11) is 1.98. The van der Waals surface area contributed by atoms with Crippen LogP contribution in [0.1, 0.15) is 22.9 Å². The van der Waals surface area contributed by atoms with Gasteiger partial charge in [0.2, 0.25) is 0 Å². The summed E-state index contributed by atoms with van der Waals surface area (Å²) in [6, 6.07) is 8.72. The molecule has 0 amide bonds. The van der Waals surface area contributed by atoms with Crippen molar-refractivity contribution >= 4 is 0 Å². The van der Waals surface area contributed by atoms with E-state index in [1.165, 1.54) is 17.5 Å². The molecule has 0 fully saturated rings. The van der Waals surface area contributed by atoms with E-state index in [1.54, 1.807) is 6.33 Å². The monoisotopic (exact) mass is 242 g/mol. The first-order valence-electron chi connectivity index (χ1n) is 6.46. The molecule has 0 saturated carbocycles. The summed E-state index contributed by atoms with van der Waals surface area (Å²) in [6.45, 7) is 2.03. The van der Waals surface area contributed by atoms with Crippen molar-refractivity contribution in [3.05, 3.63) is 47.5 Å². The van der Waals surface area contributed by atoms with Crippen LogP contribution in [0.2, 0.25) is 0 Å². The van der Waals surface area contributed by atoms with Crippen molar-refractivity contribution < 1.29 is 0 Å². The highest BCUT2D eigenvalue weighted by atomic mass is 15.2. The molecule has 1 aromatic heterocycles. The van der Waals surface area contributed by atoms with Crippen LogP contribution in [0.25, 0.3) is 0 Å². The first-order chi connectivity index (χ1) is 8.84. The molecule has 0 bridgehead atoms. The van der Waals surface area contributed by atoms with Crippen LogP contribution in [-0.2, 0) is 19.9 Å². The van der Waals surface area contributed by atoms with Gasteiger partial charge in [0.1, 0.15) is 12.2 Å². The second kappa shape index (κ2) is 4.90. The van der Waals surface area contributed by atoms with Crippen molar-refractivity contribution in [3.63, 3.8) is 0 Å². The Hall–Kier alpha value is -1.68. The van der Waals surface area contributed by atoms with Gasteiger partial charge in [0.25, 0.3) is 0 Å². The fraction of sp³-hybridized carbons (Fsp3) is 0.429. The van der Waals surface area contributed by atoms with Crippen LogP contribution >= 0.6 is 0 Å². The molecular formula is C14H18N4. The molecule has 1 aromatic carbocycles. The largest absolute Gasteiger partial charge is 0.321 e. The molecule has 1 heterocycles. The number of nitrogens with one attached hydrogen (secondary N) is 1. The van der Waals surface area contributed by atoms with E-state index >= 15 is 0 Å². The molecule has 3 rings (SSSR count). The molecule has 1 atom stereocenters. The van der Waals surface area contributed by atoms with Gasteiger partial charge in [-0.15, -0.1) is 10.2 Å². The molecule has 0 aliphatic heterocycles. The van der Waals surface area contributed by atoms with Gasteiger partial charge in [-0.3, -0.25) is 0 Å². The van der Waals surface area contributed by atoms with E-state index in [4.69, 9.17) is 0 Å². The Labute approximate surface area is 107 Å². The van der Waals surface area contributed by atoms with E-state index < -0.39 is 0 Å². The van der Waals surface area contributed by atoms with Crippen molar-refractivity contribution in [2.45, 2.75) is 18.8 Å². The van der Waals surface area contributed by atoms with Crippen LogP contribution in [0.15, 0.2) is 30.6 Å². The maximum absolute atomic E-state index is 4.08. The van der Waals surface area contributed by atoms with Gasteiger partial charge >= 0.3 is 0 Å². The van der Waals surface area contributed by atoms with E-state index in [9.17, 15) is 0 Å². The van der Waals surface area contributed by atoms with E-state index in [0.717, 1.165) is 25.3 Å². The zero-order valence-corrected chi connectivity index (χ0v) is 10.6. The first kappa shape index (κ1) is 11.4. The Morgan fingerprint density at radius 1 is 1.39 bits per heavy atom. The molecule has 4 nitrogen and oxygen atoms in total. The fourth-order valence-corrected chi connectivity index (χ4v) is 2.55. The Kier molecular flexibility index (Phi) is 3.11. The lowest BCUT2D eigenvalue weighted by Gasteiger charge is -2.30. The zero-order chi connectivity index (χ0) is 12.4. The van der Waals surface area contributed by atoms with Gasteiger partial charge in [0.05, 0.1) is 0 Å². The lowest BCUT2D eigenvalue weighted by atomic mass is 9.77. The van der Waals surface area contributed by atoms with Crippen molar-refractivity contribution in [1.29, 1.82) is 0 Å².